The smallest absolute Gasteiger partial charge is 0.229 e. The quantitative estimate of drug-likeness (QED) is 0.743. The van der Waals surface area contributed by atoms with Gasteiger partial charge in [0.05, 0.1) is 5.69 Å². The van der Waals surface area contributed by atoms with E-state index < -0.39 is 0 Å². The molecule has 0 aliphatic rings. The number of aromatic nitrogens is 3. The van der Waals surface area contributed by atoms with E-state index in [9.17, 15) is 0 Å². The average molecular weight is 284 g/mol. The molecular formula is C15H16N4S. The van der Waals surface area contributed by atoms with Gasteiger partial charge in [0.15, 0.2) is 4.77 Å². The van der Waals surface area contributed by atoms with Crippen LogP contribution < -0.4 is 4.90 Å². The first-order valence-electron chi connectivity index (χ1n) is 6.59. The van der Waals surface area contributed by atoms with Gasteiger partial charge >= 0.3 is 0 Å². The molecule has 3 rings (SSSR count). The molecule has 2 aromatic carbocycles. The lowest BCUT2D eigenvalue weighted by Crippen LogP contribution is -2.20. The van der Waals surface area contributed by atoms with Crippen molar-refractivity contribution in [3.8, 4) is 0 Å². The highest BCUT2D eigenvalue weighted by molar-refractivity contribution is 7.71. The molecule has 0 unspecified atom stereocenters. The van der Waals surface area contributed by atoms with E-state index in [0.717, 1.165) is 18.2 Å². The van der Waals surface area contributed by atoms with Gasteiger partial charge in [0.1, 0.15) is 0 Å². The molecular weight excluding hydrogens is 268 g/mol. The first kappa shape index (κ1) is 12.9. The van der Waals surface area contributed by atoms with Crippen molar-refractivity contribution < 1.29 is 0 Å². The standard InChI is InChI=1S/C15H16N4S/c1-3-19(14-16-17-15(20)18(14)2)13-10-6-8-11-7-4-5-9-12(11)13/h4-10H,3H2,1-2H3,(H,17,20). The summed E-state index contributed by atoms with van der Waals surface area (Å²) in [5, 5.41) is 9.62. The summed E-state index contributed by atoms with van der Waals surface area (Å²) in [6.07, 6.45) is 0. The third kappa shape index (κ3) is 2.00. The number of anilines is 2. The van der Waals surface area contributed by atoms with Crippen LogP contribution in [0.25, 0.3) is 10.8 Å². The summed E-state index contributed by atoms with van der Waals surface area (Å²) in [5.41, 5.74) is 1.14. The Balaban J connectivity index is 2.22. The Bertz CT molecular complexity index is 797. The minimum atomic E-state index is 0.624. The van der Waals surface area contributed by atoms with E-state index in [1.54, 1.807) is 0 Å². The topological polar surface area (TPSA) is 36.9 Å². The van der Waals surface area contributed by atoms with Crippen LogP contribution in [-0.2, 0) is 7.05 Å². The fourth-order valence-electron chi connectivity index (χ4n) is 2.44. The number of hydrogen-bond donors (Lipinski definition) is 1. The van der Waals surface area contributed by atoms with E-state index in [4.69, 9.17) is 12.2 Å². The summed E-state index contributed by atoms with van der Waals surface area (Å²) in [4.78, 5) is 2.16. The molecule has 0 fully saturated rings. The molecule has 0 saturated carbocycles. The number of aromatic amines is 1. The number of rotatable bonds is 3. The molecule has 0 spiro atoms. The molecule has 0 atom stereocenters. The van der Waals surface area contributed by atoms with Gasteiger partial charge in [-0.15, -0.1) is 5.10 Å². The molecule has 1 N–H and O–H groups in total. The van der Waals surface area contributed by atoms with Crippen LogP contribution in [0.15, 0.2) is 42.5 Å². The van der Waals surface area contributed by atoms with Crippen LogP contribution >= 0.6 is 12.2 Å². The fraction of sp³-hybridized carbons (Fsp3) is 0.200. The zero-order chi connectivity index (χ0) is 14.1. The van der Waals surface area contributed by atoms with Crippen LogP contribution in [0.2, 0.25) is 0 Å². The summed E-state index contributed by atoms with van der Waals surface area (Å²) in [5.74, 6) is 0.828. The Hall–Kier alpha value is -2.14. The number of nitrogens with one attached hydrogen (secondary N) is 1. The van der Waals surface area contributed by atoms with Crippen molar-refractivity contribution in [2.75, 3.05) is 11.4 Å². The summed E-state index contributed by atoms with van der Waals surface area (Å²) >= 11 is 5.21. The predicted molar refractivity (Wildman–Crippen MR) is 85.0 cm³/mol. The maximum atomic E-state index is 5.21. The van der Waals surface area contributed by atoms with Crippen LogP contribution in [-0.4, -0.2) is 21.3 Å². The molecule has 0 aliphatic carbocycles. The van der Waals surface area contributed by atoms with Crippen molar-refractivity contribution in [1.82, 2.24) is 14.8 Å². The lowest BCUT2D eigenvalue weighted by molar-refractivity contribution is 0.844. The molecule has 0 amide bonds. The highest BCUT2D eigenvalue weighted by Gasteiger charge is 2.15. The third-order valence-corrected chi connectivity index (χ3v) is 3.84. The Kier molecular flexibility index (Phi) is 3.28. The van der Waals surface area contributed by atoms with Gasteiger partial charge in [0.2, 0.25) is 5.95 Å². The summed E-state index contributed by atoms with van der Waals surface area (Å²) in [7, 11) is 1.93. The molecule has 0 aliphatic heterocycles. The highest BCUT2D eigenvalue weighted by Crippen LogP contribution is 2.30. The van der Waals surface area contributed by atoms with Gasteiger partial charge in [-0.2, -0.15) is 0 Å². The second-order valence-corrected chi connectivity index (χ2v) is 5.02. The first-order valence-corrected chi connectivity index (χ1v) is 7.00. The van der Waals surface area contributed by atoms with Gasteiger partial charge in [-0.3, -0.25) is 4.57 Å². The number of nitrogens with zero attached hydrogens (tertiary/aromatic N) is 3. The maximum absolute atomic E-state index is 5.21. The van der Waals surface area contributed by atoms with Gasteiger partial charge in [-0.1, -0.05) is 36.4 Å². The molecule has 20 heavy (non-hydrogen) atoms. The molecule has 0 radical (unpaired) electrons. The largest absolute Gasteiger partial charge is 0.310 e. The Morgan fingerprint density at radius 2 is 1.95 bits per heavy atom. The second-order valence-electron chi connectivity index (χ2n) is 4.63. The predicted octanol–water partition coefficient (Wildman–Crippen LogP) is 3.79. The monoisotopic (exact) mass is 284 g/mol. The molecule has 5 heteroatoms. The second kappa shape index (κ2) is 5.09. The van der Waals surface area contributed by atoms with Crippen molar-refractivity contribution in [3.63, 3.8) is 0 Å². The van der Waals surface area contributed by atoms with E-state index in [1.807, 2.05) is 11.6 Å². The van der Waals surface area contributed by atoms with Crippen LogP contribution in [0.4, 0.5) is 11.6 Å². The van der Waals surface area contributed by atoms with Crippen molar-refractivity contribution in [2.45, 2.75) is 6.92 Å². The van der Waals surface area contributed by atoms with Crippen molar-refractivity contribution in [1.29, 1.82) is 0 Å². The minimum Gasteiger partial charge on any atom is -0.310 e. The Morgan fingerprint density at radius 3 is 2.65 bits per heavy atom. The van der Waals surface area contributed by atoms with Crippen LogP contribution in [0.3, 0.4) is 0 Å². The van der Waals surface area contributed by atoms with E-state index in [-0.39, 0.29) is 0 Å². The van der Waals surface area contributed by atoms with Crippen LogP contribution in [0, 0.1) is 4.77 Å². The molecule has 3 aromatic rings. The molecule has 102 valence electrons. The van der Waals surface area contributed by atoms with Gasteiger partial charge in [-0.05, 0) is 30.6 Å². The number of fused-ring (bicyclic) bond motifs is 1. The number of benzene rings is 2. The van der Waals surface area contributed by atoms with Gasteiger partial charge < -0.3 is 4.90 Å². The van der Waals surface area contributed by atoms with E-state index in [1.165, 1.54) is 10.8 Å². The third-order valence-electron chi connectivity index (χ3n) is 3.47. The lowest BCUT2D eigenvalue weighted by atomic mass is 10.1. The number of H-pyrrole nitrogens is 1. The Labute approximate surface area is 122 Å². The van der Waals surface area contributed by atoms with Gasteiger partial charge in [-0.25, -0.2) is 5.10 Å². The highest BCUT2D eigenvalue weighted by atomic mass is 32.1. The van der Waals surface area contributed by atoms with E-state index in [0.29, 0.717) is 4.77 Å². The van der Waals surface area contributed by atoms with E-state index in [2.05, 4.69) is 64.5 Å². The zero-order valence-electron chi connectivity index (χ0n) is 11.5. The van der Waals surface area contributed by atoms with E-state index >= 15 is 0 Å². The molecule has 0 saturated heterocycles. The minimum absolute atomic E-state index is 0.624. The lowest BCUT2D eigenvalue weighted by Gasteiger charge is -2.23. The normalized spacial score (nSPS) is 10.9. The summed E-state index contributed by atoms with van der Waals surface area (Å²) < 4.78 is 2.51. The average Bonchev–Trinajstić information content (AvgIpc) is 2.81. The van der Waals surface area contributed by atoms with Crippen LogP contribution in [0.1, 0.15) is 6.92 Å². The number of hydrogen-bond acceptors (Lipinski definition) is 3. The summed E-state index contributed by atoms with van der Waals surface area (Å²) in [6.45, 7) is 2.93. The van der Waals surface area contributed by atoms with Gasteiger partial charge in [0, 0.05) is 19.0 Å². The maximum Gasteiger partial charge on any atom is 0.229 e. The molecule has 1 aromatic heterocycles. The van der Waals surface area contributed by atoms with Crippen molar-refractivity contribution in [2.24, 2.45) is 7.05 Å². The Morgan fingerprint density at radius 1 is 1.20 bits per heavy atom. The van der Waals surface area contributed by atoms with Crippen molar-refractivity contribution in [3.05, 3.63) is 47.2 Å². The van der Waals surface area contributed by atoms with Gasteiger partial charge in [0.25, 0.3) is 0 Å². The molecule has 0 bridgehead atoms. The fourth-order valence-corrected chi connectivity index (χ4v) is 2.57. The molecule has 4 nitrogen and oxygen atoms in total. The zero-order valence-corrected chi connectivity index (χ0v) is 12.3. The van der Waals surface area contributed by atoms with Crippen LogP contribution in [0.5, 0.6) is 0 Å². The SMILES string of the molecule is CCN(c1cccc2ccccc12)c1n[nH]c(=S)n1C. The summed E-state index contributed by atoms with van der Waals surface area (Å²) in [6, 6.07) is 14.7. The first-order chi connectivity index (χ1) is 9.72. The van der Waals surface area contributed by atoms with Crippen molar-refractivity contribution >= 4 is 34.6 Å². The molecule has 1 heterocycles.